The van der Waals surface area contributed by atoms with E-state index in [1.54, 1.807) is 12.1 Å². The topological polar surface area (TPSA) is 33.3 Å². The van der Waals surface area contributed by atoms with Gasteiger partial charge in [0.1, 0.15) is 5.82 Å². The van der Waals surface area contributed by atoms with Crippen molar-refractivity contribution in [3.8, 4) is 0 Å². The molecule has 0 amide bonds. The minimum Gasteiger partial charge on any atom is -0.375 e. The molecule has 0 spiro atoms. The summed E-state index contributed by atoms with van der Waals surface area (Å²) in [6, 6.07) is 6.88. The van der Waals surface area contributed by atoms with Crippen molar-refractivity contribution in [3.05, 3.63) is 42.2 Å². The molecule has 1 aromatic carbocycles. The smallest absolute Gasteiger partial charge is 0.123 e. The average molecular weight is 266 g/mol. The Bertz CT molecular complexity index is 390. The molecule has 1 unspecified atom stereocenters. The maximum Gasteiger partial charge on any atom is 0.123 e. The Labute approximate surface area is 114 Å². The van der Waals surface area contributed by atoms with Gasteiger partial charge in [-0.2, -0.15) is 0 Å². The summed E-state index contributed by atoms with van der Waals surface area (Å²) in [6.07, 6.45) is 0. The summed E-state index contributed by atoms with van der Waals surface area (Å²) in [6.45, 7) is 11.1. The van der Waals surface area contributed by atoms with Crippen molar-refractivity contribution >= 4 is 5.57 Å². The molecule has 19 heavy (non-hydrogen) atoms. The van der Waals surface area contributed by atoms with Crippen molar-refractivity contribution in [2.75, 3.05) is 13.2 Å². The minimum atomic E-state index is -0.241. The van der Waals surface area contributed by atoms with Crippen molar-refractivity contribution in [2.45, 2.75) is 32.9 Å². The zero-order valence-electron chi connectivity index (χ0n) is 11.9. The second kappa shape index (κ2) is 8.04. The summed E-state index contributed by atoms with van der Waals surface area (Å²) < 4.78 is 18.4. The number of nitrogens with one attached hydrogen (secondary N) is 2. The van der Waals surface area contributed by atoms with Crippen LogP contribution in [-0.4, -0.2) is 25.3 Å². The maximum absolute atomic E-state index is 12.8. The summed E-state index contributed by atoms with van der Waals surface area (Å²) in [5.74, 6) is -0.241. The van der Waals surface area contributed by atoms with E-state index in [0.29, 0.717) is 19.3 Å². The second-order valence-electron chi connectivity index (χ2n) is 4.97. The normalized spacial score (nSPS) is 12.7. The zero-order valence-corrected chi connectivity index (χ0v) is 11.9. The first-order valence-corrected chi connectivity index (χ1v) is 6.51. The molecule has 3 nitrogen and oxygen atoms in total. The monoisotopic (exact) mass is 266 g/mol. The number of hydrazine groups is 1. The quantitative estimate of drug-likeness (QED) is 0.710. The van der Waals surface area contributed by atoms with Crippen LogP contribution in [0.3, 0.4) is 0 Å². The first-order valence-electron chi connectivity index (χ1n) is 6.51. The Hall–Kier alpha value is -1.23. The lowest BCUT2D eigenvalue weighted by atomic mass is 10.1. The number of hydrogen-bond donors (Lipinski definition) is 2. The van der Waals surface area contributed by atoms with Gasteiger partial charge in [0.2, 0.25) is 0 Å². The molecule has 0 saturated heterocycles. The van der Waals surface area contributed by atoms with Crippen molar-refractivity contribution in [1.82, 2.24) is 10.9 Å². The van der Waals surface area contributed by atoms with Crippen LogP contribution in [0.4, 0.5) is 4.39 Å². The van der Waals surface area contributed by atoms with Gasteiger partial charge in [0.25, 0.3) is 0 Å². The van der Waals surface area contributed by atoms with Crippen LogP contribution in [0.15, 0.2) is 30.8 Å². The highest BCUT2D eigenvalue weighted by molar-refractivity contribution is 5.63. The molecule has 1 aromatic rings. The Balaban J connectivity index is 2.25. The fourth-order valence-corrected chi connectivity index (χ4v) is 1.48. The third kappa shape index (κ3) is 6.47. The largest absolute Gasteiger partial charge is 0.375 e. The van der Waals surface area contributed by atoms with E-state index in [4.69, 9.17) is 4.74 Å². The molecule has 0 fully saturated rings. The first-order chi connectivity index (χ1) is 8.99. The number of halogens is 1. The molecular weight excluding hydrogens is 243 g/mol. The predicted octanol–water partition coefficient (Wildman–Crippen LogP) is 2.75. The van der Waals surface area contributed by atoms with Crippen molar-refractivity contribution in [3.63, 3.8) is 0 Å². The van der Waals surface area contributed by atoms with Gasteiger partial charge in [0.05, 0.1) is 13.2 Å². The van der Waals surface area contributed by atoms with Crippen molar-refractivity contribution in [2.24, 2.45) is 0 Å². The summed E-state index contributed by atoms with van der Waals surface area (Å²) >= 11 is 0. The van der Waals surface area contributed by atoms with Crippen LogP contribution in [0.2, 0.25) is 0 Å². The molecule has 0 bridgehead atoms. The molecule has 0 aliphatic heterocycles. The molecule has 0 heterocycles. The minimum absolute atomic E-state index is 0.211. The lowest BCUT2D eigenvalue weighted by Gasteiger charge is -2.17. The molecule has 106 valence electrons. The van der Waals surface area contributed by atoms with Gasteiger partial charge in [-0.05, 0) is 44.0 Å². The Morgan fingerprint density at radius 1 is 1.21 bits per heavy atom. The SMILES string of the molecule is C=C(COCC(C)NNC(C)C)c1ccc(F)cc1. The van der Waals surface area contributed by atoms with Gasteiger partial charge < -0.3 is 4.74 Å². The van der Waals surface area contributed by atoms with Crippen LogP contribution < -0.4 is 10.9 Å². The van der Waals surface area contributed by atoms with E-state index in [1.807, 2.05) is 6.92 Å². The van der Waals surface area contributed by atoms with Gasteiger partial charge in [0, 0.05) is 12.1 Å². The summed E-state index contributed by atoms with van der Waals surface area (Å²) in [5.41, 5.74) is 8.03. The highest BCUT2D eigenvalue weighted by atomic mass is 19.1. The van der Waals surface area contributed by atoms with Crippen molar-refractivity contribution < 1.29 is 9.13 Å². The van der Waals surface area contributed by atoms with E-state index in [0.717, 1.165) is 11.1 Å². The lowest BCUT2D eigenvalue weighted by Crippen LogP contribution is -2.45. The Kier molecular flexibility index (Phi) is 6.70. The molecule has 0 aromatic heterocycles. The van der Waals surface area contributed by atoms with E-state index in [-0.39, 0.29) is 11.9 Å². The van der Waals surface area contributed by atoms with Gasteiger partial charge in [-0.15, -0.1) is 0 Å². The molecule has 1 rings (SSSR count). The average Bonchev–Trinajstić information content (AvgIpc) is 2.37. The number of rotatable bonds is 8. The van der Waals surface area contributed by atoms with E-state index < -0.39 is 0 Å². The van der Waals surface area contributed by atoms with Crippen LogP contribution in [0.1, 0.15) is 26.3 Å². The molecule has 0 aliphatic rings. The third-order valence-electron chi connectivity index (χ3n) is 2.52. The molecule has 1 atom stereocenters. The van der Waals surface area contributed by atoms with Gasteiger partial charge in [-0.25, -0.2) is 4.39 Å². The van der Waals surface area contributed by atoms with Crippen LogP contribution >= 0.6 is 0 Å². The fourth-order valence-electron chi connectivity index (χ4n) is 1.48. The molecule has 0 saturated carbocycles. The lowest BCUT2D eigenvalue weighted by molar-refractivity contribution is 0.138. The van der Waals surface area contributed by atoms with Crippen molar-refractivity contribution in [1.29, 1.82) is 0 Å². The Morgan fingerprint density at radius 3 is 2.42 bits per heavy atom. The Morgan fingerprint density at radius 2 is 1.84 bits per heavy atom. The molecule has 2 N–H and O–H groups in total. The number of ether oxygens (including phenoxy) is 1. The molecular formula is C15H23FN2O. The highest BCUT2D eigenvalue weighted by Crippen LogP contribution is 2.13. The fraction of sp³-hybridized carbons (Fsp3) is 0.467. The van der Waals surface area contributed by atoms with E-state index in [1.165, 1.54) is 12.1 Å². The maximum atomic E-state index is 12.8. The number of hydrogen-bond acceptors (Lipinski definition) is 3. The van der Waals surface area contributed by atoms with E-state index >= 15 is 0 Å². The van der Waals surface area contributed by atoms with Gasteiger partial charge >= 0.3 is 0 Å². The van der Waals surface area contributed by atoms with Crippen LogP contribution in [0.25, 0.3) is 5.57 Å². The zero-order chi connectivity index (χ0) is 14.3. The summed E-state index contributed by atoms with van der Waals surface area (Å²) in [7, 11) is 0. The van der Waals surface area contributed by atoms with Crippen LogP contribution in [-0.2, 0) is 4.74 Å². The summed E-state index contributed by atoms with van der Waals surface area (Å²) in [4.78, 5) is 0. The highest BCUT2D eigenvalue weighted by Gasteiger charge is 2.04. The van der Waals surface area contributed by atoms with Gasteiger partial charge in [-0.1, -0.05) is 18.7 Å². The van der Waals surface area contributed by atoms with E-state index in [9.17, 15) is 4.39 Å². The third-order valence-corrected chi connectivity index (χ3v) is 2.52. The van der Waals surface area contributed by atoms with Crippen LogP contribution in [0, 0.1) is 5.82 Å². The molecule has 0 aliphatic carbocycles. The van der Waals surface area contributed by atoms with Crippen LogP contribution in [0.5, 0.6) is 0 Å². The first kappa shape index (κ1) is 15.8. The molecule has 4 heteroatoms. The second-order valence-corrected chi connectivity index (χ2v) is 4.97. The summed E-state index contributed by atoms with van der Waals surface area (Å²) in [5, 5.41) is 0. The number of benzene rings is 1. The predicted molar refractivity (Wildman–Crippen MR) is 77.1 cm³/mol. The van der Waals surface area contributed by atoms with E-state index in [2.05, 4.69) is 31.3 Å². The van der Waals surface area contributed by atoms with Gasteiger partial charge in [0.15, 0.2) is 0 Å². The van der Waals surface area contributed by atoms with Gasteiger partial charge in [-0.3, -0.25) is 10.9 Å². The molecule has 0 radical (unpaired) electrons. The standard InChI is InChI=1S/C15H23FN2O/c1-11(2)17-18-13(4)10-19-9-12(3)14-5-7-15(16)8-6-14/h5-8,11,13,17-18H,3,9-10H2,1-2,4H3.